The van der Waals surface area contributed by atoms with Crippen LogP contribution in [0.5, 0.6) is 0 Å². The Morgan fingerprint density at radius 2 is 1.86 bits per heavy atom. The molecule has 0 amide bonds. The summed E-state index contributed by atoms with van der Waals surface area (Å²) in [6, 6.07) is 7.78. The van der Waals surface area contributed by atoms with Crippen molar-refractivity contribution in [3.63, 3.8) is 0 Å². The molecule has 0 spiro atoms. The molecule has 1 aliphatic rings. The second kappa shape index (κ2) is 9.67. The lowest BCUT2D eigenvalue weighted by Gasteiger charge is -2.15. The molecule has 0 radical (unpaired) electrons. The van der Waals surface area contributed by atoms with E-state index in [4.69, 9.17) is 26.1 Å². The molecule has 3 aromatic rings. The van der Waals surface area contributed by atoms with Crippen molar-refractivity contribution in [3.05, 3.63) is 40.7 Å². The Labute approximate surface area is 204 Å². The van der Waals surface area contributed by atoms with Crippen LogP contribution >= 0.6 is 19.2 Å². The van der Waals surface area contributed by atoms with Gasteiger partial charge in [0, 0.05) is 6.54 Å². The minimum Gasteiger partial charge on any atom is -0.387 e. The zero-order chi connectivity index (χ0) is 25.5. The van der Waals surface area contributed by atoms with Gasteiger partial charge in [0.05, 0.1) is 5.75 Å². The fraction of sp³-hybridized carbons (Fsp3) is 0.444. The number of aliphatic hydroxyl groups is 2. The monoisotopic (exact) mass is 548 g/mol. The van der Waals surface area contributed by atoms with Gasteiger partial charge >= 0.3 is 7.60 Å². The van der Waals surface area contributed by atoms with Crippen LogP contribution in [-0.2, 0) is 25.7 Å². The van der Waals surface area contributed by atoms with Crippen LogP contribution < -0.4 is 5.32 Å². The first-order chi connectivity index (χ1) is 16.3. The van der Waals surface area contributed by atoms with Crippen LogP contribution in [0, 0.1) is 6.92 Å². The predicted octanol–water partition coefficient (Wildman–Crippen LogP) is -0.0356. The molecule has 17 heteroatoms. The number of aromatic nitrogens is 5. The lowest BCUT2D eigenvalue weighted by molar-refractivity contribution is -0.0375. The average molecular weight is 549 g/mol. The van der Waals surface area contributed by atoms with E-state index in [-0.39, 0.29) is 22.3 Å². The molecule has 3 heterocycles. The standard InChI is InChI=1S/C18H22ClN6O8PS/c1-9-2-4-10(5-3-9)6-20-15-12-16(22-18(19)21-15)25(24-23-12)17-14(27)13(26)11(33-17)7-35(31,32)8-34(28,29)30/h2-5,11,13-14,17,26-27H,6-8H2,1H3,(H,20,21,22)(H2,28,29,30)/t11-,13-,14-,17-/m1/s1. The molecular formula is C18H22ClN6O8PS. The normalized spacial score (nSPS) is 23.1. The molecular weight excluding hydrogens is 527 g/mol. The minimum absolute atomic E-state index is 0.0476. The lowest BCUT2D eigenvalue weighted by atomic mass is 10.1. The maximum atomic E-state index is 12.1. The summed E-state index contributed by atoms with van der Waals surface area (Å²) in [5, 5.41) is 31.7. The highest BCUT2D eigenvalue weighted by molar-refractivity contribution is 7.97. The Morgan fingerprint density at radius 1 is 1.17 bits per heavy atom. The predicted molar refractivity (Wildman–Crippen MR) is 123 cm³/mol. The summed E-state index contributed by atoms with van der Waals surface area (Å²) in [6.07, 6.45) is -6.22. The van der Waals surface area contributed by atoms with E-state index in [1.807, 2.05) is 31.2 Å². The van der Waals surface area contributed by atoms with Gasteiger partial charge in [-0.15, -0.1) is 5.10 Å². The molecule has 1 saturated heterocycles. The number of sulfone groups is 1. The molecule has 1 aromatic carbocycles. The molecule has 2 aromatic heterocycles. The number of benzene rings is 1. The maximum Gasteiger partial charge on any atom is 0.340 e. The van der Waals surface area contributed by atoms with Crippen LogP contribution in [0.1, 0.15) is 17.4 Å². The van der Waals surface area contributed by atoms with Crippen LogP contribution in [0.3, 0.4) is 0 Å². The Balaban J connectivity index is 1.58. The van der Waals surface area contributed by atoms with Crippen molar-refractivity contribution < 1.29 is 37.7 Å². The van der Waals surface area contributed by atoms with E-state index in [1.54, 1.807) is 0 Å². The average Bonchev–Trinajstić information content (AvgIpc) is 3.27. The Kier molecular flexibility index (Phi) is 7.14. The van der Waals surface area contributed by atoms with Crippen LogP contribution in [0.2, 0.25) is 5.28 Å². The summed E-state index contributed by atoms with van der Waals surface area (Å²) in [5.74, 6) is -0.681. The maximum absolute atomic E-state index is 12.1. The summed E-state index contributed by atoms with van der Waals surface area (Å²) in [7, 11) is -9.20. The van der Waals surface area contributed by atoms with E-state index in [0.717, 1.165) is 15.8 Å². The number of hydrogen-bond donors (Lipinski definition) is 5. The molecule has 35 heavy (non-hydrogen) atoms. The van der Waals surface area contributed by atoms with Gasteiger partial charge in [-0.05, 0) is 24.1 Å². The van der Waals surface area contributed by atoms with E-state index in [0.29, 0.717) is 6.54 Å². The molecule has 0 aliphatic carbocycles. The third-order valence-corrected chi connectivity index (χ3v) is 9.16. The fourth-order valence-electron chi connectivity index (χ4n) is 3.62. The summed E-state index contributed by atoms with van der Waals surface area (Å²) in [4.78, 5) is 26.1. The number of fused-ring (bicyclic) bond motifs is 1. The van der Waals surface area contributed by atoms with Gasteiger partial charge in [-0.3, -0.25) is 4.57 Å². The Morgan fingerprint density at radius 3 is 2.51 bits per heavy atom. The minimum atomic E-state index is -4.87. The lowest BCUT2D eigenvalue weighted by Crippen LogP contribution is -2.36. The molecule has 1 fully saturated rings. The van der Waals surface area contributed by atoms with Crippen LogP contribution in [0.25, 0.3) is 11.2 Å². The number of aliphatic hydroxyl groups excluding tert-OH is 2. The van der Waals surface area contributed by atoms with Gasteiger partial charge in [0.1, 0.15) is 18.3 Å². The highest BCUT2D eigenvalue weighted by Crippen LogP contribution is 2.38. The molecule has 0 bridgehead atoms. The molecule has 0 saturated carbocycles. The molecule has 4 rings (SSSR count). The van der Waals surface area contributed by atoms with Gasteiger partial charge in [-0.2, -0.15) is 14.6 Å². The number of ether oxygens (including phenoxy) is 1. The van der Waals surface area contributed by atoms with Gasteiger partial charge < -0.3 is 30.1 Å². The van der Waals surface area contributed by atoms with Gasteiger partial charge in [0.25, 0.3) is 0 Å². The molecule has 190 valence electrons. The highest BCUT2D eigenvalue weighted by Gasteiger charge is 2.47. The number of nitrogens with zero attached hydrogens (tertiary/aromatic N) is 5. The SMILES string of the molecule is Cc1ccc(CNc2nc(Cl)nc3c2nnn3[C@@H]2O[C@H](CS(=O)(=O)CP(=O)(O)O)[C@@H](O)[C@H]2O)cc1. The van der Waals surface area contributed by atoms with E-state index < -0.39 is 53.2 Å². The number of hydrogen-bond acceptors (Lipinski definition) is 11. The Hall–Kier alpha value is -2.23. The van der Waals surface area contributed by atoms with E-state index in [9.17, 15) is 23.2 Å². The summed E-state index contributed by atoms with van der Waals surface area (Å²) in [5.41, 5.74) is 0.881. The van der Waals surface area contributed by atoms with Crippen molar-refractivity contribution in [3.8, 4) is 0 Å². The third kappa shape index (κ3) is 5.95. The quantitative estimate of drug-likeness (QED) is 0.185. The van der Waals surface area contributed by atoms with Gasteiger partial charge in [0.2, 0.25) is 5.28 Å². The first kappa shape index (κ1) is 25.9. The van der Waals surface area contributed by atoms with Crippen molar-refractivity contribution in [2.45, 2.75) is 38.0 Å². The number of halogens is 1. The van der Waals surface area contributed by atoms with Crippen molar-refractivity contribution in [1.82, 2.24) is 25.0 Å². The van der Waals surface area contributed by atoms with Gasteiger partial charge in [0.15, 0.2) is 38.5 Å². The number of anilines is 1. The third-order valence-electron chi connectivity index (χ3n) is 5.24. The zero-order valence-electron chi connectivity index (χ0n) is 18.1. The van der Waals surface area contributed by atoms with Crippen molar-refractivity contribution in [1.29, 1.82) is 0 Å². The molecule has 14 nitrogen and oxygen atoms in total. The highest BCUT2D eigenvalue weighted by atomic mass is 35.5. The van der Waals surface area contributed by atoms with Crippen LogP contribution in [0.15, 0.2) is 24.3 Å². The van der Waals surface area contributed by atoms with Crippen LogP contribution in [-0.4, -0.2) is 82.9 Å². The van der Waals surface area contributed by atoms with Crippen molar-refractivity contribution >= 4 is 46.0 Å². The second-order valence-electron chi connectivity index (χ2n) is 8.14. The smallest absolute Gasteiger partial charge is 0.340 e. The van der Waals surface area contributed by atoms with Crippen molar-refractivity contribution in [2.24, 2.45) is 0 Å². The Bertz CT molecular complexity index is 1380. The van der Waals surface area contributed by atoms with Gasteiger partial charge in [-0.25, -0.2) is 8.42 Å². The first-order valence-corrected chi connectivity index (χ1v) is 14.2. The number of rotatable bonds is 8. The van der Waals surface area contributed by atoms with E-state index in [2.05, 4.69) is 25.6 Å². The van der Waals surface area contributed by atoms with Crippen molar-refractivity contribution in [2.75, 3.05) is 16.6 Å². The topological polar surface area (TPSA) is 210 Å². The molecule has 4 atom stereocenters. The summed E-state index contributed by atoms with van der Waals surface area (Å²) in [6.45, 7) is 2.35. The second-order valence-corrected chi connectivity index (χ2v) is 12.7. The number of aryl methyl sites for hydroxylation is 1. The number of nitrogens with one attached hydrogen (secondary N) is 1. The summed E-state index contributed by atoms with van der Waals surface area (Å²) < 4.78 is 41.9. The largest absolute Gasteiger partial charge is 0.387 e. The molecule has 1 aliphatic heterocycles. The van der Waals surface area contributed by atoms with E-state index >= 15 is 0 Å². The van der Waals surface area contributed by atoms with Crippen LogP contribution in [0.4, 0.5) is 5.82 Å². The summed E-state index contributed by atoms with van der Waals surface area (Å²) >= 11 is 6.07. The van der Waals surface area contributed by atoms with E-state index in [1.165, 1.54) is 0 Å². The molecule has 5 N–H and O–H groups in total. The van der Waals surface area contributed by atoms with Gasteiger partial charge in [-0.1, -0.05) is 35.0 Å². The fourth-order valence-corrected chi connectivity index (χ4v) is 7.03. The zero-order valence-corrected chi connectivity index (χ0v) is 20.6. The molecule has 0 unspecified atom stereocenters. The first-order valence-electron chi connectivity index (χ1n) is 10.2.